The van der Waals surface area contributed by atoms with Crippen LogP contribution in [0, 0.1) is 0 Å². The number of unbranched alkanes of at least 4 members (excludes halogenated alkanes) is 6. The fraction of sp³-hybridized carbons (Fsp3) is 0.810. The zero-order chi connectivity index (χ0) is 23.5. The molecule has 0 aliphatic heterocycles. The second-order valence-electron chi connectivity index (χ2n) is 7.64. The van der Waals surface area contributed by atoms with Crippen LogP contribution in [0.1, 0.15) is 83.5 Å². The van der Waals surface area contributed by atoms with Crippen LogP contribution in [0.15, 0.2) is 0 Å². The first-order valence-electron chi connectivity index (χ1n) is 11.2. The van der Waals surface area contributed by atoms with E-state index in [1.165, 1.54) is 0 Å². The molecule has 180 valence electrons. The van der Waals surface area contributed by atoms with E-state index in [9.17, 15) is 19.2 Å². The van der Waals surface area contributed by atoms with Crippen LogP contribution in [0.25, 0.3) is 0 Å². The summed E-state index contributed by atoms with van der Waals surface area (Å²) in [7, 11) is 0. The van der Waals surface area contributed by atoms with E-state index in [2.05, 4.69) is 0 Å². The molecule has 0 aromatic rings. The molecular weight excluding hydrogens is 404 g/mol. The summed E-state index contributed by atoms with van der Waals surface area (Å²) >= 11 is 0. The van der Waals surface area contributed by atoms with E-state index in [0.717, 1.165) is 32.1 Å². The molecule has 8 N–H and O–H groups in total. The van der Waals surface area contributed by atoms with Gasteiger partial charge in [-0.15, -0.1) is 0 Å². The van der Waals surface area contributed by atoms with Crippen molar-refractivity contribution >= 4 is 23.9 Å². The van der Waals surface area contributed by atoms with Crippen LogP contribution in [-0.4, -0.2) is 49.1 Å². The number of hydrogen-bond acceptors (Lipinski definition) is 10. The number of ether oxygens (including phenoxy) is 2. The number of nitrogens with two attached hydrogens (primary N) is 4. The summed E-state index contributed by atoms with van der Waals surface area (Å²) in [5, 5.41) is 0. The number of hydrogen-bond donors (Lipinski definition) is 4. The maximum atomic E-state index is 11.7. The second kappa shape index (κ2) is 18.9. The highest BCUT2D eigenvalue weighted by Crippen LogP contribution is 2.10. The third-order valence-electron chi connectivity index (χ3n) is 4.73. The fourth-order valence-electron chi connectivity index (χ4n) is 2.80. The minimum atomic E-state index is -0.803. The summed E-state index contributed by atoms with van der Waals surface area (Å²) < 4.78 is 9.49. The number of esters is 4. The quantitative estimate of drug-likeness (QED) is 0.133. The summed E-state index contributed by atoms with van der Waals surface area (Å²) in [6.07, 6.45) is 7.60. The van der Waals surface area contributed by atoms with Gasteiger partial charge in [-0.05, 0) is 51.6 Å². The lowest BCUT2D eigenvalue weighted by Crippen LogP contribution is -2.33. The fourth-order valence-corrected chi connectivity index (χ4v) is 2.80. The molecule has 0 aromatic carbocycles. The van der Waals surface area contributed by atoms with Crippen LogP contribution in [0.3, 0.4) is 0 Å². The van der Waals surface area contributed by atoms with Crippen molar-refractivity contribution in [1.29, 1.82) is 0 Å². The molecule has 31 heavy (non-hydrogen) atoms. The van der Waals surface area contributed by atoms with Crippen LogP contribution in [0.5, 0.6) is 0 Å². The molecule has 0 aliphatic rings. The van der Waals surface area contributed by atoms with Gasteiger partial charge in [-0.2, -0.15) is 0 Å². The van der Waals surface area contributed by atoms with Crippen LogP contribution >= 0.6 is 0 Å². The number of carbonyl (C=O) groups excluding carboxylic acids is 4. The predicted molar refractivity (Wildman–Crippen MR) is 116 cm³/mol. The molecule has 0 bridgehead atoms. The van der Waals surface area contributed by atoms with Crippen molar-refractivity contribution < 1.29 is 28.7 Å². The smallest absolute Gasteiger partial charge is 0.330 e. The van der Waals surface area contributed by atoms with Gasteiger partial charge in [0, 0.05) is 12.8 Å². The largest absolute Gasteiger partial charge is 0.392 e. The molecule has 10 heteroatoms. The first-order chi connectivity index (χ1) is 14.8. The molecule has 0 radical (unpaired) electrons. The Hall–Kier alpha value is -1.88. The van der Waals surface area contributed by atoms with Crippen molar-refractivity contribution in [2.45, 2.75) is 95.6 Å². The average molecular weight is 445 g/mol. The maximum absolute atomic E-state index is 11.7. The number of carbonyl (C=O) groups is 4. The minimum Gasteiger partial charge on any atom is -0.392 e. The minimum absolute atomic E-state index is 0.139. The van der Waals surface area contributed by atoms with Crippen molar-refractivity contribution in [3.63, 3.8) is 0 Å². The van der Waals surface area contributed by atoms with E-state index < -0.39 is 36.0 Å². The molecule has 0 rings (SSSR count). The van der Waals surface area contributed by atoms with Crippen LogP contribution in [0.4, 0.5) is 0 Å². The Labute approximate surface area is 184 Å². The van der Waals surface area contributed by atoms with E-state index in [-0.39, 0.29) is 12.8 Å². The van der Waals surface area contributed by atoms with Gasteiger partial charge >= 0.3 is 23.9 Å². The lowest BCUT2D eigenvalue weighted by molar-refractivity contribution is -0.162. The van der Waals surface area contributed by atoms with E-state index in [0.29, 0.717) is 51.6 Å². The summed E-state index contributed by atoms with van der Waals surface area (Å²) in [5.74, 6) is -2.56. The molecule has 0 saturated carbocycles. The standard InChI is InChI=1S/C21H40N4O6/c22-14-8-6-10-16(24)20(28)30-18(26)12-4-2-1-3-5-13-19(27)31-21(29)17(25)11-7-9-15-23/h16-17H,1-15,22-25H2/t16-,17-/m0/s1. The Morgan fingerprint density at radius 1 is 0.548 bits per heavy atom. The monoisotopic (exact) mass is 444 g/mol. The van der Waals surface area contributed by atoms with Gasteiger partial charge in [-0.1, -0.05) is 32.1 Å². The molecule has 0 heterocycles. The SMILES string of the molecule is NCCCC[C@H](N)C(=O)OC(=O)CCCCCCCC(=O)OC(=O)[C@@H](N)CCCCN. The van der Waals surface area contributed by atoms with Gasteiger partial charge in [0.25, 0.3) is 0 Å². The normalized spacial score (nSPS) is 12.8. The molecule has 0 saturated heterocycles. The van der Waals surface area contributed by atoms with E-state index in [4.69, 9.17) is 32.4 Å². The Morgan fingerprint density at radius 3 is 1.26 bits per heavy atom. The Kier molecular flexibility index (Phi) is 17.7. The van der Waals surface area contributed by atoms with E-state index in [1.54, 1.807) is 0 Å². The summed E-state index contributed by atoms with van der Waals surface area (Å²) in [5.41, 5.74) is 22.1. The Morgan fingerprint density at radius 2 is 0.903 bits per heavy atom. The van der Waals surface area contributed by atoms with Gasteiger partial charge in [-0.3, -0.25) is 9.59 Å². The summed E-state index contributed by atoms with van der Waals surface area (Å²) in [6.45, 7) is 1.06. The van der Waals surface area contributed by atoms with Gasteiger partial charge in [-0.25, -0.2) is 9.59 Å². The Balaban J connectivity index is 3.73. The zero-order valence-electron chi connectivity index (χ0n) is 18.5. The molecule has 0 fully saturated rings. The molecule has 0 amide bonds. The third-order valence-corrected chi connectivity index (χ3v) is 4.73. The lowest BCUT2D eigenvalue weighted by Gasteiger charge is -2.10. The molecule has 0 spiro atoms. The molecule has 0 unspecified atom stereocenters. The third kappa shape index (κ3) is 16.5. The average Bonchev–Trinajstić information content (AvgIpc) is 2.73. The molecule has 10 nitrogen and oxygen atoms in total. The Bertz CT molecular complexity index is 498. The first-order valence-corrected chi connectivity index (χ1v) is 11.2. The van der Waals surface area contributed by atoms with E-state index in [1.807, 2.05) is 0 Å². The second-order valence-corrected chi connectivity index (χ2v) is 7.64. The predicted octanol–water partition coefficient (Wildman–Crippen LogP) is 0.769. The van der Waals surface area contributed by atoms with Crippen molar-refractivity contribution in [3.8, 4) is 0 Å². The molecule has 0 aliphatic carbocycles. The summed E-state index contributed by atoms with van der Waals surface area (Å²) in [4.78, 5) is 46.7. The highest BCUT2D eigenvalue weighted by molar-refractivity contribution is 5.88. The first kappa shape index (κ1) is 29.1. The maximum Gasteiger partial charge on any atom is 0.330 e. The highest BCUT2D eigenvalue weighted by Gasteiger charge is 2.19. The van der Waals surface area contributed by atoms with Crippen LogP contribution in [0.2, 0.25) is 0 Å². The van der Waals surface area contributed by atoms with Gasteiger partial charge < -0.3 is 32.4 Å². The molecular formula is C21H40N4O6. The summed E-state index contributed by atoms with van der Waals surface area (Å²) in [6, 6.07) is -1.61. The molecule has 0 aromatic heterocycles. The van der Waals surface area contributed by atoms with Crippen LogP contribution < -0.4 is 22.9 Å². The topological polar surface area (TPSA) is 191 Å². The highest BCUT2D eigenvalue weighted by atomic mass is 16.6. The van der Waals surface area contributed by atoms with Crippen molar-refractivity contribution in [2.24, 2.45) is 22.9 Å². The van der Waals surface area contributed by atoms with Gasteiger partial charge in [0.1, 0.15) is 12.1 Å². The van der Waals surface area contributed by atoms with Crippen molar-refractivity contribution in [1.82, 2.24) is 0 Å². The van der Waals surface area contributed by atoms with Gasteiger partial charge in [0.2, 0.25) is 0 Å². The zero-order valence-corrected chi connectivity index (χ0v) is 18.5. The van der Waals surface area contributed by atoms with E-state index >= 15 is 0 Å². The molecule has 2 atom stereocenters. The van der Waals surface area contributed by atoms with Gasteiger partial charge in [0.05, 0.1) is 0 Å². The van der Waals surface area contributed by atoms with Crippen molar-refractivity contribution in [3.05, 3.63) is 0 Å². The van der Waals surface area contributed by atoms with Crippen LogP contribution in [-0.2, 0) is 28.7 Å². The lowest BCUT2D eigenvalue weighted by atomic mass is 10.1. The van der Waals surface area contributed by atoms with Crippen molar-refractivity contribution in [2.75, 3.05) is 13.1 Å². The van der Waals surface area contributed by atoms with Gasteiger partial charge in [0.15, 0.2) is 0 Å². The number of rotatable bonds is 18.